The average molecular weight is 410 g/mol. The van der Waals surface area contributed by atoms with Gasteiger partial charge in [-0.25, -0.2) is 4.79 Å². The van der Waals surface area contributed by atoms with E-state index in [0.717, 1.165) is 28.9 Å². The normalized spacial score (nSPS) is 12.6. The molecule has 0 radical (unpaired) electrons. The number of halogens is 3. The standard InChI is InChI=1S/C21H25F3N2O3/c1-13(2)18-9-4-6-14(3)19(18)26-20(28)25-11-16(27)12-29-17-8-5-7-15(10-17)21(22,23)24/h4-10,13,16,27H,11-12H2,1-3H3,(H2,25,26,28). The van der Waals surface area contributed by atoms with Crippen molar-refractivity contribution in [1.82, 2.24) is 5.32 Å². The molecule has 0 fully saturated rings. The van der Waals surface area contributed by atoms with E-state index in [-0.39, 0.29) is 24.8 Å². The van der Waals surface area contributed by atoms with Crippen LogP contribution in [0.2, 0.25) is 0 Å². The Labute approximate surface area is 167 Å². The van der Waals surface area contributed by atoms with E-state index in [0.29, 0.717) is 0 Å². The number of carbonyl (C=O) groups is 1. The minimum Gasteiger partial charge on any atom is -0.491 e. The van der Waals surface area contributed by atoms with Crippen molar-refractivity contribution < 1.29 is 27.8 Å². The first-order chi connectivity index (χ1) is 13.6. The SMILES string of the molecule is Cc1cccc(C(C)C)c1NC(=O)NCC(O)COc1cccc(C(F)(F)F)c1. The van der Waals surface area contributed by atoms with Crippen LogP contribution in [0.25, 0.3) is 0 Å². The van der Waals surface area contributed by atoms with Crippen LogP contribution < -0.4 is 15.4 Å². The van der Waals surface area contributed by atoms with Gasteiger partial charge in [-0.15, -0.1) is 0 Å². The summed E-state index contributed by atoms with van der Waals surface area (Å²) in [6.07, 6.45) is -5.56. The maximum atomic E-state index is 12.7. The van der Waals surface area contributed by atoms with Crippen LogP contribution in [0.3, 0.4) is 0 Å². The number of rotatable bonds is 7. The number of aliphatic hydroxyl groups excluding tert-OH is 1. The van der Waals surface area contributed by atoms with Gasteiger partial charge in [-0.3, -0.25) is 0 Å². The van der Waals surface area contributed by atoms with Crippen molar-refractivity contribution in [1.29, 1.82) is 0 Å². The summed E-state index contributed by atoms with van der Waals surface area (Å²) in [7, 11) is 0. The Morgan fingerprint density at radius 3 is 2.52 bits per heavy atom. The van der Waals surface area contributed by atoms with Gasteiger partial charge in [0.1, 0.15) is 18.5 Å². The van der Waals surface area contributed by atoms with Gasteiger partial charge in [0.15, 0.2) is 0 Å². The van der Waals surface area contributed by atoms with Crippen LogP contribution in [0.15, 0.2) is 42.5 Å². The molecule has 0 saturated heterocycles. The van der Waals surface area contributed by atoms with Crippen LogP contribution in [0.1, 0.15) is 36.5 Å². The second-order valence-corrected chi connectivity index (χ2v) is 7.02. The molecule has 0 heterocycles. The molecule has 2 amide bonds. The predicted octanol–water partition coefficient (Wildman–Crippen LogP) is 4.70. The zero-order chi connectivity index (χ0) is 21.6. The Bertz CT molecular complexity index is 838. The van der Waals surface area contributed by atoms with Crippen LogP contribution in [-0.2, 0) is 6.18 Å². The zero-order valence-corrected chi connectivity index (χ0v) is 16.5. The topological polar surface area (TPSA) is 70.6 Å². The maximum absolute atomic E-state index is 12.7. The fourth-order valence-corrected chi connectivity index (χ4v) is 2.72. The van der Waals surface area contributed by atoms with Crippen molar-refractivity contribution in [2.24, 2.45) is 0 Å². The summed E-state index contributed by atoms with van der Waals surface area (Å²) >= 11 is 0. The number of urea groups is 1. The molecule has 29 heavy (non-hydrogen) atoms. The smallest absolute Gasteiger partial charge is 0.416 e. The van der Waals surface area contributed by atoms with Crippen LogP contribution in [0, 0.1) is 6.92 Å². The summed E-state index contributed by atoms with van der Waals surface area (Å²) < 4.78 is 43.3. The molecule has 0 bridgehead atoms. The minimum absolute atomic E-state index is 0.00943. The Morgan fingerprint density at radius 2 is 1.86 bits per heavy atom. The lowest BCUT2D eigenvalue weighted by atomic mass is 9.98. The summed E-state index contributed by atoms with van der Waals surface area (Å²) in [5, 5.41) is 15.3. The lowest BCUT2D eigenvalue weighted by Gasteiger charge is -2.18. The number of hydrogen-bond donors (Lipinski definition) is 3. The summed E-state index contributed by atoms with van der Waals surface area (Å²) in [5.41, 5.74) is 1.80. The molecule has 1 unspecified atom stereocenters. The number of anilines is 1. The maximum Gasteiger partial charge on any atom is 0.416 e. The Hall–Kier alpha value is -2.74. The van der Waals surface area contributed by atoms with Gasteiger partial charge in [-0.2, -0.15) is 13.2 Å². The third-order valence-electron chi connectivity index (χ3n) is 4.27. The van der Waals surface area contributed by atoms with E-state index in [4.69, 9.17) is 4.74 Å². The van der Waals surface area contributed by atoms with Crippen LogP contribution in [0.4, 0.5) is 23.7 Å². The van der Waals surface area contributed by atoms with Gasteiger partial charge < -0.3 is 20.5 Å². The molecule has 2 aromatic carbocycles. The van der Waals surface area contributed by atoms with Gasteiger partial charge in [0.2, 0.25) is 0 Å². The first-order valence-electron chi connectivity index (χ1n) is 9.20. The zero-order valence-electron chi connectivity index (χ0n) is 16.5. The van der Waals surface area contributed by atoms with E-state index in [1.807, 2.05) is 39.0 Å². The van der Waals surface area contributed by atoms with E-state index in [1.54, 1.807) is 0 Å². The summed E-state index contributed by atoms with van der Waals surface area (Å²) in [5.74, 6) is 0.210. The van der Waals surface area contributed by atoms with E-state index in [1.165, 1.54) is 12.1 Å². The molecule has 1 atom stereocenters. The van der Waals surface area contributed by atoms with Crippen molar-refractivity contribution >= 4 is 11.7 Å². The number of ether oxygens (including phenoxy) is 1. The second kappa shape index (κ2) is 9.65. The molecular formula is C21H25F3N2O3. The largest absolute Gasteiger partial charge is 0.491 e. The number of aliphatic hydroxyl groups is 1. The molecule has 3 N–H and O–H groups in total. The fraction of sp³-hybridized carbons (Fsp3) is 0.381. The third-order valence-corrected chi connectivity index (χ3v) is 4.27. The van der Waals surface area contributed by atoms with Crippen molar-refractivity contribution in [2.75, 3.05) is 18.5 Å². The predicted molar refractivity (Wildman–Crippen MR) is 105 cm³/mol. The van der Waals surface area contributed by atoms with Gasteiger partial charge in [0.05, 0.1) is 5.56 Å². The molecule has 0 aliphatic carbocycles. The van der Waals surface area contributed by atoms with Crippen molar-refractivity contribution in [3.8, 4) is 5.75 Å². The van der Waals surface area contributed by atoms with E-state index in [9.17, 15) is 23.1 Å². The number of hydrogen-bond acceptors (Lipinski definition) is 3. The second-order valence-electron chi connectivity index (χ2n) is 7.02. The summed E-state index contributed by atoms with van der Waals surface area (Å²) in [4.78, 5) is 12.2. The van der Waals surface area contributed by atoms with Gasteiger partial charge in [-0.1, -0.05) is 38.1 Å². The lowest BCUT2D eigenvalue weighted by molar-refractivity contribution is -0.137. The lowest BCUT2D eigenvalue weighted by Crippen LogP contribution is -2.38. The highest BCUT2D eigenvalue weighted by atomic mass is 19.4. The van der Waals surface area contributed by atoms with Gasteiger partial charge in [-0.05, 0) is 42.2 Å². The Kier molecular flexibility index (Phi) is 7.50. The molecule has 2 aromatic rings. The highest BCUT2D eigenvalue weighted by molar-refractivity contribution is 5.91. The molecule has 5 nitrogen and oxygen atoms in total. The summed E-state index contributed by atoms with van der Waals surface area (Å²) in [6, 6.07) is 9.65. The number of nitrogens with one attached hydrogen (secondary N) is 2. The molecule has 0 aliphatic heterocycles. The molecule has 0 spiro atoms. The van der Waals surface area contributed by atoms with Crippen molar-refractivity contribution in [3.63, 3.8) is 0 Å². The first-order valence-corrected chi connectivity index (χ1v) is 9.20. The molecule has 2 rings (SSSR count). The van der Waals surface area contributed by atoms with E-state index < -0.39 is 23.9 Å². The van der Waals surface area contributed by atoms with Gasteiger partial charge >= 0.3 is 12.2 Å². The van der Waals surface area contributed by atoms with Crippen molar-refractivity contribution in [3.05, 3.63) is 59.2 Å². The van der Waals surface area contributed by atoms with Gasteiger partial charge in [0, 0.05) is 12.2 Å². The number of alkyl halides is 3. The quantitative estimate of drug-likeness (QED) is 0.620. The molecule has 0 aliphatic rings. The van der Waals surface area contributed by atoms with Crippen LogP contribution in [-0.4, -0.2) is 30.4 Å². The van der Waals surface area contributed by atoms with E-state index in [2.05, 4.69) is 10.6 Å². The summed E-state index contributed by atoms with van der Waals surface area (Å²) in [6.45, 7) is 5.55. The van der Waals surface area contributed by atoms with Crippen LogP contribution >= 0.6 is 0 Å². The van der Waals surface area contributed by atoms with Gasteiger partial charge in [0.25, 0.3) is 0 Å². The molecule has 8 heteroatoms. The molecule has 0 aromatic heterocycles. The Balaban J connectivity index is 1.86. The van der Waals surface area contributed by atoms with Crippen LogP contribution in [0.5, 0.6) is 5.75 Å². The number of aryl methyl sites for hydroxylation is 1. The monoisotopic (exact) mass is 410 g/mol. The third kappa shape index (κ3) is 6.67. The first kappa shape index (κ1) is 22.5. The Morgan fingerprint density at radius 1 is 1.17 bits per heavy atom. The fourth-order valence-electron chi connectivity index (χ4n) is 2.72. The van der Waals surface area contributed by atoms with Crippen molar-refractivity contribution in [2.45, 2.75) is 39.0 Å². The minimum atomic E-state index is -4.47. The molecular weight excluding hydrogens is 385 g/mol. The number of para-hydroxylation sites is 1. The number of carbonyl (C=O) groups excluding carboxylic acids is 1. The molecule has 0 saturated carbocycles. The number of benzene rings is 2. The average Bonchev–Trinajstić information content (AvgIpc) is 2.65. The highest BCUT2D eigenvalue weighted by Gasteiger charge is 2.30. The number of amides is 2. The van der Waals surface area contributed by atoms with E-state index >= 15 is 0 Å². The molecule has 158 valence electrons. The highest BCUT2D eigenvalue weighted by Crippen LogP contribution is 2.31.